The van der Waals surface area contributed by atoms with Gasteiger partial charge in [0.1, 0.15) is 13.2 Å². The van der Waals surface area contributed by atoms with Crippen LogP contribution in [0.25, 0.3) is 0 Å². The van der Waals surface area contributed by atoms with Crippen LogP contribution in [-0.4, -0.2) is 45.0 Å². The largest absolute Gasteiger partial charge is 0.497 e. The molecule has 0 atom stereocenters. The number of carbonyl (C=O) groups excluding carboxylic acids is 2. The number of hydrogen-bond donors (Lipinski definition) is 0. The molecule has 0 unspecified atom stereocenters. The molecule has 0 bridgehead atoms. The first-order chi connectivity index (χ1) is 11.6. The van der Waals surface area contributed by atoms with Crippen LogP contribution in [0.2, 0.25) is 0 Å². The van der Waals surface area contributed by atoms with Crippen molar-refractivity contribution in [1.82, 2.24) is 0 Å². The monoisotopic (exact) mass is 336 g/mol. The van der Waals surface area contributed by atoms with Crippen LogP contribution in [0.3, 0.4) is 0 Å². The highest BCUT2D eigenvalue weighted by Crippen LogP contribution is 2.33. The van der Waals surface area contributed by atoms with E-state index in [4.69, 9.17) is 18.9 Å². The molecule has 24 heavy (non-hydrogen) atoms. The summed E-state index contributed by atoms with van der Waals surface area (Å²) in [5.41, 5.74) is 0.738. The first-order valence-corrected chi connectivity index (χ1v) is 8.15. The third-order valence-corrected chi connectivity index (χ3v) is 4.23. The molecular weight excluding hydrogens is 312 g/mol. The Hall–Kier alpha value is -2.08. The van der Waals surface area contributed by atoms with E-state index in [1.807, 2.05) is 6.08 Å². The summed E-state index contributed by atoms with van der Waals surface area (Å²) in [5, 5.41) is 0. The zero-order chi connectivity index (χ0) is 17.4. The molecule has 0 saturated carbocycles. The van der Waals surface area contributed by atoms with Crippen molar-refractivity contribution in [2.24, 2.45) is 5.41 Å². The van der Waals surface area contributed by atoms with Crippen LogP contribution in [0.4, 0.5) is 0 Å². The lowest BCUT2D eigenvalue weighted by Crippen LogP contribution is -2.45. The van der Waals surface area contributed by atoms with Gasteiger partial charge in [-0.3, -0.25) is 0 Å². The van der Waals surface area contributed by atoms with Crippen LogP contribution in [0.15, 0.2) is 36.1 Å². The third kappa shape index (κ3) is 4.96. The van der Waals surface area contributed by atoms with Crippen molar-refractivity contribution in [3.8, 4) is 0 Å². The molecule has 0 spiro atoms. The van der Waals surface area contributed by atoms with Gasteiger partial charge in [-0.05, 0) is 25.0 Å². The van der Waals surface area contributed by atoms with Gasteiger partial charge in [-0.2, -0.15) is 0 Å². The van der Waals surface area contributed by atoms with Gasteiger partial charge >= 0.3 is 11.9 Å². The van der Waals surface area contributed by atoms with E-state index in [9.17, 15) is 9.59 Å². The summed E-state index contributed by atoms with van der Waals surface area (Å²) in [6, 6.07) is 0. The lowest BCUT2D eigenvalue weighted by molar-refractivity contribution is -0.147. The highest BCUT2D eigenvalue weighted by atomic mass is 16.6. The molecule has 0 aromatic heterocycles. The number of esters is 2. The lowest BCUT2D eigenvalue weighted by Gasteiger charge is -2.40. The number of carbonyl (C=O) groups is 2. The predicted molar refractivity (Wildman–Crippen MR) is 87.0 cm³/mol. The molecule has 0 aromatic rings. The second-order valence-electron chi connectivity index (χ2n) is 5.97. The molecule has 0 radical (unpaired) electrons. The molecular formula is C18H24O6. The van der Waals surface area contributed by atoms with Gasteiger partial charge in [0.2, 0.25) is 0 Å². The van der Waals surface area contributed by atoms with Gasteiger partial charge in [-0.25, -0.2) is 9.59 Å². The summed E-state index contributed by atoms with van der Waals surface area (Å²) in [4.78, 5) is 22.8. The van der Waals surface area contributed by atoms with Crippen LogP contribution in [0.1, 0.15) is 26.2 Å². The van der Waals surface area contributed by atoms with Gasteiger partial charge in [0, 0.05) is 18.1 Å². The van der Waals surface area contributed by atoms with E-state index in [-0.39, 0.29) is 18.6 Å². The molecule has 6 nitrogen and oxygen atoms in total. The maximum Gasteiger partial charge on any atom is 0.334 e. The summed E-state index contributed by atoms with van der Waals surface area (Å²) in [6.07, 6.45) is 6.90. The predicted octanol–water partition coefficient (Wildman–Crippen LogP) is 2.31. The van der Waals surface area contributed by atoms with Crippen molar-refractivity contribution >= 4 is 11.9 Å². The van der Waals surface area contributed by atoms with Crippen molar-refractivity contribution in [3.05, 3.63) is 36.1 Å². The fourth-order valence-corrected chi connectivity index (χ4v) is 2.36. The third-order valence-electron chi connectivity index (χ3n) is 4.23. The second-order valence-corrected chi connectivity index (χ2v) is 5.97. The Bertz CT molecular complexity index is 536. The minimum absolute atomic E-state index is 0.0231. The first kappa shape index (κ1) is 18.3. The smallest absolute Gasteiger partial charge is 0.334 e. The maximum absolute atomic E-state index is 11.9. The van der Waals surface area contributed by atoms with E-state index in [2.05, 4.69) is 13.5 Å². The van der Waals surface area contributed by atoms with Gasteiger partial charge in [-0.1, -0.05) is 13.5 Å². The number of hydrogen-bond acceptors (Lipinski definition) is 6. The SMILES string of the molecule is C=CC(=O)OCCOC(=O)C1=CC=C(OCC2(CC)COC2)CC1. The summed E-state index contributed by atoms with van der Waals surface area (Å²) >= 11 is 0. The Labute approximate surface area is 142 Å². The summed E-state index contributed by atoms with van der Waals surface area (Å²) < 4.78 is 20.9. The molecule has 1 heterocycles. The molecule has 1 aliphatic heterocycles. The van der Waals surface area contributed by atoms with E-state index < -0.39 is 11.9 Å². The van der Waals surface area contributed by atoms with Gasteiger partial charge in [0.05, 0.1) is 31.0 Å². The number of allylic oxidation sites excluding steroid dienone is 3. The molecule has 0 N–H and O–H groups in total. The van der Waals surface area contributed by atoms with Gasteiger partial charge in [-0.15, -0.1) is 0 Å². The van der Waals surface area contributed by atoms with Gasteiger partial charge in [0.25, 0.3) is 0 Å². The van der Waals surface area contributed by atoms with Crippen molar-refractivity contribution in [3.63, 3.8) is 0 Å². The molecule has 0 amide bonds. The molecule has 1 fully saturated rings. The highest BCUT2D eigenvalue weighted by Gasteiger charge is 2.37. The molecule has 132 valence electrons. The highest BCUT2D eigenvalue weighted by molar-refractivity contribution is 5.89. The van der Waals surface area contributed by atoms with E-state index in [1.165, 1.54) is 0 Å². The van der Waals surface area contributed by atoms with E-state index in [0.717, 1.165) is 31.5 Å². The minimum Gasteiger partial charge on any atom is -0.497 e. The Morgan fingerprint density at radius 3 is 2.54 bits per heavy atom. The Kier molecular flexibility index (Phi) is 6.61. The molecule has 6 heteroatoms. The normalized spacial score (nSPS) is 18.5. The standard InChI is InChI=1S/C18H24O6/c1-3-16(19)22-9-10-23-17(20)14-5-7-15(8-6-14)24-13-18(4-2)11-21-12-18/h3,5,7H,1,4,6,8-13H2,2H3. The van der Waals surface area contributed by atoms with E-state index >= 15 is 0 Å². The van der Waals surface area contributed by atoms with Gasteiger partial charge < -0.3 is 18.9 Å². The molecule has 2 rings (SSSR count). The number of ether oxygens (including phenoxy) is 4. The minimum atomic E-state index is -0.533. The molecule has 1 aliphatic carbocycles. The van der Waals surface area contributed by atoms with Crippen molar-refractivity contribution < 1.29 is 28.5 Å². The Balaban J connectivity index is 1.72. The van der Waals surface area contributed by atoms with Gasteiger partial charge in [0.15, 0.2) is 0 Å². The van der Waals surface area contributed by atoms with Crippen molar-refractivity contribution in [2.75, 3.05) is 33.0 Å². The zero-order valence-electron chi connectivity index (χ0n) is 14.0. The Morgan fingerprint density at radius 2 is 2.00 bits per heavy atom. The van der Waals surface area contributed by atoms with Crippen LogP contribution >= 0.6 is 0 Å². The molecule has 0 aromatic carbocycles. The summed E-state index contributed by atoms with van der Waals surface area (Å²) in [5.74, 6) is -0.0436. The quantitative estimate of drug-likeness (QED) is 0.365. The Morgan fingerprint density at radius 1 is 1.25 bits per heavy atom. The van der Waals surface area contributed by atoms with Crippen LogP contribution in [0, 0.1) is 5.41 Å². The average Bonchev–Trinajstić information content (AvgIpc) is 2.58. The van der Waals surface area contributed by atoms with Crippen LogP contribution in [0.5, 0.6) is 0 Å². The maximum atomic E-state index is 11.9. The summed E-state index contributed by atoms with van der Waals surface area (Å²) in [6.45, 7) is 7.63. The zero-order valence-corrected chi connectivity index (χ0v) is 14.0. The first-order valence-electron chi connectivity index (χ1n) is 8.15. The van der Waals surface area contributed by atoms with Crippen molar-refractivity contribution in [2.45, 2.75) is 26.2 Å². The van der Waals surface area contributed by atoms with Crippen molar-refractivity contribution in [1.29, 1.82) is 0 Å². The number of rotatable bonds is 9. The second kappa shape index (κ2) is 8.68. The van der Waals surface area contributed by atoms with E-state index in [0.29, 0.717) is 25.0 Å². The fourth-order valence-electron chi connectivity index (χ4n) is 2.36. The van der Waals surface area contributed by atoms with Crippen LogP contribution < -0.4 is 0 Å². The average molecular weight is 336 g/mol. The topological polar surface area (TPSA) is 71.1 Å². The molecule has 2 aliphatic rings. The lowest BCUT2D eigenvalue weighted by atomic mass is 9.84. The van der Waals surface area contributed by atoms with E-state index in [1.54, 1.807) is 6.08 Å². The molecule has 1 saturated heterocycles. The van der Waals surface area contributed by atoms with Crippen LogP contribution in [-0.2, 0) is 28.5 Å². The fraction of sp³-hybridized carbons (Fsp3) is 0.556. The summed E-state index contributed by atoms with van der Waals surface area (Å²) in [7, 11) is 0.